The lowest BCUT2D eigenvalue weighted by atomic mass is 10.0. The van der Waals surface area contributed by atoms with Crippen molar-refractivity contribution in [2.24, 2.45) is 0 Å². The van der Waals surface area contributed by atoms with Gasteiger partial charge in [-0.25, -0.2) is 0 Å². The maximum atomic E-state index is 11.7. The van der Waals surface area contributed by atoms with Crippen LogP contribution in [0.2, 0.25) is 0 Å². The molecule has 0 unspecified atom stereocenters. The van der Waals surface area contributed by atoms with Crippen molar-refractivity contribution >= 4 is 11.6 Å². The minimum Gasteiger partial charge on any atom is -0.316 e. The van der Waals surface area contributed by atoms with Gasteiger partial charge in [0.1, 0.15) is 0 Å². The normalized spacial score (nSPS) is 10.6. The van der Waals surface area contributed by atoms with Crippen LogP contribution in [-0.2, 0) is 4.79 Å². The van der Waals surface area contributed by atoms with Gasteiger partial charge in [-0.1, -0.05) is 32.9 Å². The zero-order chi connectivity index (χ0) is 12.1. The molecule has 0 saturated heterocycles. The summed E-state index contributed by atoms with van der Waals surface area (Å²) in [6, 6.07) is 8.22. The number of rotatable bonds is 4. The third kappa shape index (κ3) is 3.09. The first-order chi connectivity index (χ1) is 7.56. The maximum Gasteiger partial charge on any atom is 0.226 e. The highest BCUT2D eigenvalue weighted by Gasteiger charge is 2.09. The molecule has 0 saturated carbocycles. The molecule has 0 aliphatic heterocycles. The molecule has 1 aromatic carbocycles. The summed E-state index contributed by atoms with van der Waals surface area (Å²) in [5.74, 6) is 0.713. The predicted molar refractivity (Wildman–Crippen MR) is 68.8 cm³/mol. The Morgan fingerprint density at radius 1 is 1.25 bits per heavy atom. The van der Waals surface area contributed by atoms with Crippen LogP contribution in [0.5, 0.6) is 0 Å². The predicted octanol–water partition coefficient (Wildman–Crippen LogP) is 3.57. The van der Waals surface area contributed by atoms with E-state index in [2.05, 4.69) is 26.0 Å². The zero-order valence-electron chi connectivity index (χ0n) is 10.7. The molecule has 2 heteroatoms. The summed E-state index contributed by atoms with van der Waals surface area (Å²) in [6.07, 6.45) is 1.51. The highest BCUT2D eigenvalue weighted by molar-refractivity contribution is 5.92. The molecule has 1 aromatic rings. The smallest absolute Gasteiger partial charge is 0.226 e. The molecule has 0 atom stereocenters. The first-order valence-corrected chi connectivity index (χ1v) is 5.92. The van der Waals surface area contributed by atoms with Crippen LogP contribution < -0.4 is 4.90 Å². The molecule has 0 aliphatic carbocycles. The first kappa shape index (κ1) is 12.8. The standard InChI is InChI=1S/C14H21NO/c1-5-6-14(16)15(4)13-9-7-12(8-10-13)11(2)3/h7-11H,5-6H2,1-4H3. The lowest BCUT2D eigenvalue weighted by molar-refractivity contribution is -0.118. The van der Waals surface area contributed by atoms with Crippen molar-refractivity contribution in [3.8, 4) is 0 Å². The van der Waals surface area contributed by atoms with Crippen LogP contribution in [0.3, 0.4) is 0 Å². The lowest BCUT2D eigenvalue weighted by Gasteiger charge is -2.17. The number of amides is 1. The third-order valence-corrected chi connectivity index (χ3v) is 2.79. The van der Waals surface area contributed by atoms with Crippen molar-refractivity contribution in [2.75, 3.05) is 11.9 Å². The summed E-state index contributed by atoms with van der Waals surface area (Å²) in [5, 5.41) is 0. The molecular weight excluding hydrogens is 198 g/mol. The molecule has 0 heterocycles. The summed E-state index contributed by atoms with van der Waals surface area (Å²) < 4.78 is 0. The van der Waals surface area contributed by atoms with E-state index in [9.17, 15) is 4.79 Å². The molecule has 0 aliphatic rings. The summed E-state index contributed by atoms with van der Waals surface area (Å²) in [5.41, 5.74) is 2.28. The molecule has 0 fully saturated rings. The van der Waals surface area contributed by atoms with Crippen LogP contribution in [0, 0.1) is 0 Å². The second-order valence-corrected chi connectivity index (χ2v) is 4.45. The largest absolute Gasteiger partial charge is 0.316 e. The summed E-state index contributed by atoms with van der Waals surface area (Å²) in [7, 11) is 1.84. The van der Waals surface area contributed by atoms with Crippen molar-refractivity contribution in [2.45, 2.75) is 39.5 Å². The van der Waals surface area contributed by atoms with Gasteiger partial charge in [0.2, 0.25) is 5.91 Å². The van der Waals surface area contributed by atoms with E-state index >= 15 is 0 Å². The number of carbonyl (C=O) groups excluding carboxylic acids is 1. The molecular formula is C14H21NO. The van der Waals surface area contributed by atoms with Gasteiger partial charge < -0.3 is 4.90 Å². The molecule has 1 amide bonds. The van der Waals surface area contributed by atoms with E-state index in [1.807, 2.05) is 26.1 Å². The van der Waals surface area contributed by atoms with E-state index in [1.165, 1.54) is 5.56 Å². The number of benzene rings is 1. The van der Waals surface area contributed by atoms with Crippen LogP contribution in [0.25, 0.3) is 0 Å². The Morgan fingerprint density at radius 2 is 1.81 bits per heavy atom. The van der Waals surface area contributed by atoms with Gasteiger partial charge in [0.25, 0.3) is 0 Å². The molecule has 0 spiro atoms. The van der Waals surface area contributed by atoms with Gasteiger partial charge in [-0.15, -0.1) is 0 Å². The summed E-state index contributed by atoms with van der Waals surface area (Å²) in [6.45, 7) is 6.36. The molecule has 16 heavy (non-hydrogen) atoms. The van der Waals surface area contributed by atoms with E-state index in [0.29, 0.717) is 12.3 Å². The lowest BCUT2D eigenvalue weighted by Crippen LogP contribution is -2.25. The first-order valence-electron chi connectivity index (χ1n) is 5.92. The molecule has 88 valence electrons. The minimum atomic E-state index is 0.180. The Morgan fingerprint density at radius 3 is 2.25 bits per heavy atom. The van der Waals surface area contributed by atoms with Gasteiger partial charge >= 0.3 is 0 Å². The molecule has 2 nitrogen and oxygen atoms in total. The summed E-state index contributed by atoms with van der Waals surface area (Å²) >= 11 is 0. The number of carbonyl (C=O) groups is 1. The highest BCUT2D eigenvalue weighted by atomic mass is 16.2. The Kier molecular flexibility index (Phi) is 4.53. The molecule has 0 bridgehead atoms. The van der Waals surface area contributed by atoms with Crippen molar-refractivity contribution < 1.29 is 4.79 Å². The summed E-state index contributed by atoms with van der Waals surface area (Å²) in [4.78, 5) is 13.4. The van der Waals surface area contributed by atoms with Gasteiger partial charge in [0, 0.05) is 19.2 Å². The zero-order valence-corrected chi connectivity index (χ0v) is 10.7. The second-order valence-electron chi connectivity index (χ2n) is 4.45. The van der Waals surface area contributed by atoms with E-state index in [-0.39, 0.29) is 5.91 Å². The van der Waals surface area contributed by atoms with Gasteiger partial charge in [-0.2, -0.15) is 0 Å². The number of hydrogen-bond acceptors (Lipinski definition) is 1. The van der Waals surface area contributed by atoms with Crippen molar-refractivity contribution in [3.05, 3.63) is 29.8 Å². The van der Waals surface area contributed by atoms with Gasteiger partial charge in [0.15, 0.2) is 0 Å². The highest BCUT2D eigenvalue weighted by Crippen LogP contribution is 2.19. The van der Waals surface area contributed by atoms with Crippen LogP contribution in [0.15, 0.2) is 24.3 Å². The molecule has 0 aromatic heterocycles. The van der Waals surface area contributed by atoms with Gasteiger partial charge in [-0.3, -0.25) is 4.79 Å². The van der Waals surface area contributed by atoms with E-state index < -0.39 is 0 Å². The van der Waals surface area contributed by atoms with E-state index in [0.717, 1.165) is 12.1 Å². The monoisotopic (exact) mass is 219 g/mol. The maximum absolute atomic E-state index is 11.7. The molecule has 1 rings (SSSR count). The minimum absolute atomic E-state index is 0.180. The number of hydrogen-bond donors (Lipinski definition) is 0. The SMILES string of the molecule is CCCC(=O)N(C)c1ccc(C(C)C)cc1. The Labute approximate surface area is 98.3 Å². The number of anilines is 1. The van der Waals surface area contributed by atoms with Crippen LogP contribution in [-0.4, -0.2) is 13.0 Å². The Hall–Kier alpha value is -1.31. The second kappa shape index (κ2) is 5.69. The fourth-order valence-electron chi connectivity index (χ4n) is 1.61. The van der Waals surface area contributed by atoms with Crippen molar-refractivity contribution in [3.63, 3.8) is 0 Å². The quantitative estimate of drug-likeness (QED) is 0.758. The van der Waals surface area contributed by atoms with Crippen LogP contribution in [0.1, 0.15) is 45.1 Å². The van der Waals surface area contributed by atoms with Crippen LogP contribution >= 0.6 is 0 Å². The van der Waals surface area contributed by atoms with Crippen molar-refractivity contribution in [1.82, 2.24) is 0 Å². The topological polar surface area (TPSA) is 20.3 Å². The van der Waals surface area contributed by atoms with E-state index in [4.69, 9.17) is 0 Å². The van der Waals surface area contributed by atoms with Crippen molar-refractivity contribution in [1.29, 1.82) is 0 Å². The van der Waals surface area contributed by atoms with Gasteiger partial charge in [-0.05, 0) is 30.0 Å². The van der Waals surface area contributed by atoms with E-state index in [1.54, 1.807) is 4.90 Å². The Bertz CT molecular complexity index is 340. The fourth-order valence-corrected chi connectivity index (χ4v) is 1.61. The average Bonchev–Trinajstić information content (AvgIpc) is 2.28. The van der Waals surface area contributed by atoms with Crippen LogP contribution in [0.4, 0.5) is 5.69 Å². The molecule has 0 radical (unpaired) electrons. The van der Waals surface area contributed by atoms with Gasteiger partial charge in [0.05, 0.1) is 0 Å². The molecule has 0 N–H and O–H groups in total. The Balaban J connectivity index is 2.77. The average molecular weight is 219 g/mol. The number of nitrogens with zero attached hydrogens (tertiary/aromatic N) is 1. The third-order valence-electron chi connectivity index (χ3n) is 2.79. The fraction of sp³-hybridized carbons (Fsp3) is 0.500.